The van der Waals surface area contributed by atoms with E-state index in [9.17, 15) is 18.0 Å². The van der Waals surface area contributed by atoms with Crippen molar-refractivity contribution in [1.29, 1.82) is 0 Å². The molecule has 0 spiro atoms. The van der Waals surface area contributed by atoms with Crippen molar-refractivity contribution in [1.82, 2.24) is 10.2 Å². The van der Waals surface area contributed by atoms with Crippen LogP contribution in [0, 0.1) is 6.92 Å². The van der Waals surface area contributed by atoms with Crippen LogP contribution in [0.4, 0.5) is 5.69 Å². The van der Waals surface area contributed by atoms with E-state index in [-0.39, 0.29) is 29.6 Å². The number of sulfonamides is 1. The van der Waals surface area contributed by atoms with Gasteiger partial charge in [0.25, 0.3) is 0 Å². The van der Waals surface area contributed by atoms with Gasteiger partial charge in [0.15, 0.2) is 0 Å². The maximum absolute atomic E-state index is 14.1. The predicted octanol–water partition coefficient (Wildman–Crippen LogP) is 5.62. The fourth-order valence-corrected chi connectivity index (χ4v) is 5.71. The lowest BCUT2D eigenvalue weighted by atomic mass is 10.0. The molecule has 214 valence electrons. The van der Waals surface area contributed by atoms with Gasteiger partial charge < -0.3 is 10.2 Å². The number of rotatable bonds is 10. The van der Waals surface area contributed by atoms with Crippen LogP contribution in [0.25, 0.3) is 0 Å². The number of hydrogen-bond acceptors (Lipinski definition) is 4. The molecule has 0 radical (unpaired) electrons. The second-order valence-electron chi connectivity index (χ2n) is 10.8. The van der Waals surface area contributed by atoms with Gasteiger partial charge in [-0.25, -0.2) is 8.42 Å². The Kier molecular flexibility index (Phi) is 10.3. The average Bonchev–Trinajstić information content (AvgIpc) is 2.84. The zero-order valence-corrected chi connectivity index (χ0v) is 25.6. The van der Waals surface area contributed by atoms with E-state index in [0.717, 1.165) is 27.3 Å². The average molecular weight is 605 g/mol. The molecule has 40 heavy (non-hydrogen) atoms. The number of anilines is 1. The molecule has 0 bridgehead atoms. The van der Waals surface area contributed by atoms with Crippen LogP contribution in [0.1, 0.15) is 37.5 Å². The summed E-state index contributed by atoms with van der Waals surface area (Å²) >= 11 is 12.4. The highest BCUT2D eigenvalue weighted by Crippen LogP contribution is 2.30. The third kappa shape index (κ3) is 8.98. The number of nitrogens with one attached hydrogen (secondary N) is 1. The van der Waals surface area contributed by atoms with Crippen molar-refractivity contribution >= 4 is 50.7 Å². The molecule has 0 saturated heterocycles. The lowest BCUT2D eigenvalue weighted by Gasteiger charge is -2.35. The third-order valence-electron chi connectivity index (χ3n) is 6.06. The molecule has 10 heteroatoms. The number of carbonyl (C=O) groups is 2. The number of hydrogen-bond donors (Lipinski definition) is 1. The first-order valence-electron chi connectivity index (χ1n) is 12.8. The Morgan fingerprint density at radius 3 is 2.15 bits per heavy atom. The monoisotopic (exact) mass is 603 g/mol. The second-order valence-corrected chi connectivity index (χ2v) is 13.6. The Balaban J connectivity index is 2.09. The Morgan fingerprint density at radius 2 is 1.57 bits per heavy atom. The van der Waals surface area contributed by atoms with Gasteiger partial charge in [0.05, 0.1) is 17.0 Å². The molecule has 7 nitrogen and oxygen atoms in total. The minimum atomic E-state index is -3.94. The predicted molar refractivity (Wildman–Crippen MR) is 162 cm³/mol. The summed E-state index contributed by atoms with van der Waals surface area (Å²) in [6.07, 6.45) is 1.24. The van der Waals surface area contributed by atoms with Gasteiger partial charge in [0, 0.05) is 23.5 Å². The standard InChI is InChI=1S/C30H35Cl2N3O4S/c1-21-10-9-13-23(16-21)19-34(27(29(37)33-30(2,3)4)17-22-11-7-6-8-12-22)28(36)20-35(40(5,38)39)26-15-14-24(31)18-25(26)32/h6-16,18,27H,17,19-20H2,1-5H3,(H,33,37). The molecule has 3 aromatic carbocycles. The van der Waals surface area contributed by atoms with E-state index in [1.165, 1.54) is 23.1 Å². The molecule has 3 rings (SSSR count). The molecule has 1 N–H and O–H groups in total. The van der Waals surface area contributed by atoms with Gasteiger partial charge in [-0.05, 0) is 57.0 Å². The molecule has 1 atom stereocenters. The molecular weight excluding hydrogens is 569 g/mol. The van der Waals surface area contributed by atoms with Crippen LogP contribution in [0.5, 0.6) is 0 Å². The van der Waals surface area contributed by atoms with Gasteiger partial charge in [-0.2, -0.15) is 0 Å². The first kappa shape index (κ1) is 31.5. The smallest absolute Gasteiger partial charge is 0.244 e. The van der Waals surface area contributed by atoms with E-state index < -0.39 is 34.1 Å². The van der Waals surface area contributed by atoms with Gasteiger partial charge in [0.1, 0.15) is 12.6 Å². The summed E-state index contributed by atoms with van der Waals surface area (Å²) in [5.74, 6) is -0.893. The van der Waals surface area contributed by atoms with E-state index in [1.807, 2.05) is 82.3 Å². The summed E-state index contributed by atoms with van der Waals surface area (Å²) in [6.45, 7) is 7.08. The molecule has 0 heterocycles. The molecular formula is C30H35Cl2N3O4S. The van der Waals surface area contributed by atoms with Crippen LogP contribution in [-0.2, 0) is 32.6 Å². The van der Waals surface area contributed by atoms with Gasteiger partial charge in [-0.15, -0.1) is 0 Å². The van der Waals surface area contributed by atoms with Crippen molar-refractivity contribution in [2.45, 2.75) is 52.2 Å². The topological polar surface area (TPSA) is 86.8 Å². The van der Waals surface area contributed by atoms with Crippen LogP contribution in [0.2, 0.25) is 10.0 Å². The highest BCUT2D eigenvalue weighted by atomic mass is 35.5. The van der Waals surface area contributed by atoms with E-state index in [1.54, 1.807) is 0 Å². The summed E-state index contributed by atoms with van der Waals surface area (Å²) in [7, 11) is -3.94. The summed E-state index contributed by atoms with van der Waals surface area (Å²) in [5.41, 5.74) is 2.23. The van der Waals surface area contributed by atoms with Gasteiger partial charge in [-0.1, -0.05) is 83.4 Å². The lowest BCUT2D eigenvalue weighted by Crippen LogP contribution is -2.56. The van der Waals surface area contributed by atoms with Crippen molar-refractivity contribution in [3.63, 3.8) is 0 Å². The Morgan fingerprint density at radius 1 is 0.925 bits per heavy atom. The molecule has 1 unspecified atom stereocenters. The molecule has 3 aromatic rings. The maximum atomic E-state index is 14.1. The van der Waals surface area contributed by atoms with Crippen LogP contribution in [-0.4, -0.2) is 49.5 Å². The number of amides is 2. The van der Waals surface area contributed by atoms with Crippen molar-refractivity contribution in [3.05, 3.63) is 99.5 Å². The van der Waals surface area contributed by atoms with Crippen molar-refractivity contribution in [2.75, 3.05) is 17.1 Å². The van der Waals surface area contributed by atoms with Crippen LogP contribution < -0.4 is 9.62 Å². The van der Waals surface area contributed by atoms with Gasteiger partial charge >= 0.3 is 0 Å². The van der Waals surface area contributed by atoms with Gasteiger partial charge in [-0.3, -0.25) is 13.9 Å². The fraction of sp³-hybridized carbons (Fsp3) is 0.333. The highest BCUT2D eigenvalue weighted by Gasteiger charge is 2.34. The fourth-order valence-electron chi connectivity index (χ4n) is 4.29. The molecule has 0 aliphatic heterocycles. The van der Waals surface area contributed by atoms with E-state index >= 15 is 0 Å². The summed E-state index contributed by atoms with van der Waals surface area (Å²) in [5, 5.41) is 3.42. The summed E-state index contributed by atoms with van der Waals surface area (Å²) in [4.78, 5) is 29.3. The number of nitrogens with zero attached hydrogens (tertiary/aromatic N) is 2. The minimum absolute atomic E-state index is 0.0854. The van der Waals surface area contributed by atoms with Crippen LogP contribution in [0.3, 0.4) is 0 Å². The summed E-state index contributed by atoms with van der Waals surface area (Å²) < 4.78 is 26.7. The Hall–Kier alpha value is -3.07. The number of benzene rings is 3. The molecule has 0 saturated carbocycles. The van der Waals surface area contributed by atoms with Crippen LogP contribution >= 0.6 is 23.2 Å². The molecule has 0 aliphatic rings. The summed E-state index contributed by atoms with van der Waals surface area (Å²) in [6, 6.07) is 20.5. The number of aryl methyl sites for hydroxylation is 1. The van der Waals surface area contributed by atoms with Crippen molar-refractivity contribution in [3.8, 4) is 0 Å². The third-order valence-corrected chi connectivity index (χ3v) is 7.73. The second kappa shape index (κ2) is 13.1. The van der Waals surface area contributed by atoms with E-state index in [4.69, 9.17) is 23.2 Å². The quantitative estimate of drug-likeness (QED) is 0.326. The number of carbonyl (C=O) groups excluding carboxylic acids is 2. The molecule has 0 aliphatic carbocycles. The van der Waals surface area contributed by atoms with Crippen molar-refractivity contribution in [2.24, 2.45) is 0 Å². The first-order valence-corrected chi connectivity index (χ1v) is 15.4. The Labute approximate surface area is 247 Å². The lowest BCUT2D eigenvalue weighted by molar-refractivity contribution is -0.140. The molecule has 0 aromatic heterocycles. The largest absolute Gasteiger partial charge is 0.350 e. The minimum Gasteiger partial charge on any atom is -0.350 e. The molecule has 2 amide bonds. The number of halogens is 2. The van der Waals surface area contributed by atoms with E-state index in [0.29, 0.717) is 5.02 Å². The SMILES string of the molecule is Cc1cccc(CN(C(=O)CN(c2ccc(Cl)cc2Cl)S(C)(=O)=O)C(Cc2ccccc2)C(=O)NC(C)(C)C)c1. The zero-order valence-electron chi connectivity index (χ0n) is 23.3. The first-order chi connectivity index (χ1) is 18.6. The van der Waals surface area contributed by atoms with E-state index in [2.05, 4.69) is 5.32 Å². The van der Waals surface area contributed by atoms with Gasteiger partial charge in [0.2, 0.25) is 21.8 Å². The Bertz CT molecular complexity index is 1460. The highest BCUT2D eigenvalue weighted by molar-refractivity contribution is 7.92. The zero-order chi connectivity index (χ0) is 29.7. The maximum Gasteiger partial charge on any atom is 0.244 e. The molecule has 0 fully saturated rings. The normalized spacial score (nSPS) is 12.5. The van der Waals surface area contributed by atoms with Crippen LogP contribution in [0.15, 0.2) is 72.8 Å². The van der Waals surface area contributed by atoms with Crippen molar-refractivity contribution < 1.29 is 18.0 Å².